The molecule has 0 aromatic heterocycles. The number of fused-ring (bicyclic) bond motifs is 2. The minimum absolute atomic E-state index is 0.135. The molecule has 4 fully saturated rings. The molecule has 1 spiro atoms. The van der Waals surface area contributed by atoms with Crippen LogP contribution in [0, 0.1) is 28.6 Å². The summed E-state index contributed by atoms with van der Waals surface area (Å²) in [6, 6.07) is 0. The number of hydrogen-bond donors (Lipinski definition) is 0. The molecule has 0 aromatic rings. The van der Waals surface area contributed by atoms with Gasteiger partial charge < -0.3 is 23.4 Å². The van der Waals surface area contributed by atoms with Crippen LogP contribution in [0.1, 0.15) is 93.4 Å². The van der Waals surface area contributed by atoms with Crippen LogP contribution in [0.3, 0.4) is 0 Å². The molecule has 38 heavy (non-hydrogen) atoms. The Labute approximate surface area is 231 Å². The molecule has 1 saturated heterocycles. The third kappa shape index (κ3) is 5.24. The van der Waals surface area contributed by atoms with Crippen LogP contribution in [0.2, 0.25) is 18.1 Å². The van der Waals surface area contributed by atoms with Crippen molar-refractivity contribution in [2.75, 3.05) is 19.8 Å². The molecule has 0 N–H and O–H groups in total. The normalized spacial score (nSPS) is 39.1. The highest BCUT2D eigenvalue weighted by atomic mass is 28.4. The van der Waals surface area contributed by atoms with E-state index in [1.165, 1.54) is 13.8 Å². The van der Waals surface area contributed by atoms with E-state index in [-0.39, 0.29) is 57.8 Å². The molecular formula is C30H52O7Si. The summed E-state index contributed by atoms with van der Waals surface area (Å²) in [6.45, 7) is 20.7. The van der Waals surface area contributed by atoms with Crippen LogP contribution < -0.4 is 0 Å². The fraction of sp³-hybridized carbons (Fsp3) is 0.933. The molecule has 0 amide bonds. The van der Waals surface area contributed by atoms with Gasteiger partial charge in [-0.3, -0.25) is 9.59 Å². The molecule has 4 aliphatic rings. The molecule has 3 aliphatic carbocycles. The van der Waals surface area contributed by atoms with Gasteiger partial charge in [-0.25, -0.2) is 0 Å². The highest BCUT2D eigenvalue weighted by molar-refractivity contribution is 6.74. The van der Waals surface area contributed by atoms with Crippen molar-refractivity contribution in [2.24, 2.45) is 28.6 Å². The van der Waals surface area contributed by atoms with Crippen molar-refractivity contribution in [1.82, 2.24) is 0 Å². The Morgan fingerprint density at radius 1 is 0.921 bits per heavy atom. The van der Waals surface area contributed by atoms with Crippen LogP contribution in [-0.2, 0) is 33.0 Å². The Bertz CT molecular complexity index is 892. The molecule has 3 saturated carbocycles. The monoisotopic (exact) mass is 552 g/mol. The zero-order chi connectivity index (χ0) is 28.1. The Hall–Kier alpha value is -0.963. The van der Waals surface area contributed by atoms with E-state index in [1.807, 2.05) is 0 Å². The minimum atomic E-state index is -1.94. The second kappa shape index (κ2) is 10.5. The molecule has 7 nitrogen and oxygen atoms in total. The van der Waals surface area contributed by atoms with E-state index in [0.717, 1.165) is 44.9 Å². The second-order valence-electron chi connectivity index (χ2n) is 14.5. The fourth-order valence-electron chi connectivity index (χ4n) is 8.07. The zero-order valence-corrected chi connectivity index (χ0v) is 26.3. The minimum Gasteiger partial charge on any atom is -0.466 e. The van der Waals surface area contributed by atoms with Crippen LogP contribution >= 0.6 is 0 Å². The first-order valence-corrected chi connectivity index (χ1v) is 17.7. The lowest BCUT2D eigenvalue weighted by Gasteiger charge is -2.57. The number of carbonyl (C=O) groups excluding carboxylic acids is 2. The number of ether oxygens (including phenoxy) is 4. The average Bonchev–Trinajstić information content (AvgIpc) is 3.39. The van der Waals surface area contributed by atoms with Crippen molar-refractivity contribution in [3.63, 3.8) is 0 Å². The van der Waals surface area contributed by atoms with Crippen molar-refractivity contribution in [2.45, 2.75) is 130 Å². The van der Waals surface area contributed by atoms with Crippen molar-refractivity contribution < 1.29 is 33.0 Å². The summed E-state index contributed by atoms with van der Waals surface area (Å²) in [5, 5.41) is 0.135. The number of carbonyl (C=O) groups is 2. The van der Waals surface area contributed by atoms with Gasteiger partial charge in [0.15, 0.2) is 14.1 Å². The van der Waals surface area contributed by atoms with Crippen molar-refractivity contribution in [1.29, 1.82) is 0 Å². The molecule has 0 aromatic carbocycles. The molecule has 7 atom stereocenters. The standard InChI is InChI=1S/C30H52O7Si/c1-20(31)33-19-22-18-23(37-38(8,9)27(3,4)5)10-13-28(22,6)24-11-14-29(7)25(26(24)36-21(2)32)12-15-30(29)34-16-17-35-30/h22-26H,10-19H2,1-9H3/t22-,23-,24?,25?,26-,28+,29+/m1/s1. The van der Waals surface area contributed by atoms with Crippen LogP contribution in [-0.4, -0.2) is 58.1 Å². The van der Waals surface area contributed by atoms with E-state index in [4.69, 9.17) is 23.4 Å². The van der Waals surface area contributed by atoms with Crippen LogP contribution in [0.15, 0.2) is 0 Å². The summed E-state index contributed by atoms with van der Waals surface area (Å²) < 4.78 is 31.4. The number of hydrogen-bond acceptors (Lipinski definition) is 7. The number of esters is 2. The summed E-state index contributed by atoms with van der Waals surface area (Å²) >= 11 is 0. The van der Waals surface area contributed by atoms with E-state index in [9.17, 15) is 9.59 Å². The Kier molecular flexibility index (Phi) is 8.26. The SMILES string of the molecule is CC(=O)OC[C@H]1C[C@H](O[Si](C)(C)C(C)(C)C)CC[C@]1(C)C1CC[C@@]2(C)C(CCC23OCCO3)[C@@H]1OC(C)=O. The lowest BCUT2D eigenvalue weighted by atomic mass is 9.51. The quantitative estimate of drug-likeness (QED) is 0.285. The first-order valence-electron chi connectivity index (χ1n) is 14.8. The molecule has 4 rings (SSSR count). The first kappa shape index (κ1) is 30.0. The smallest absolute Gasteiger partial charge is 0.302 e. The van der Waals surface area contributed by atoms with Gasteiger partial charge in [-0.1, -0.05) is 34.6 Å². The van der Waals surface area contributed by atoms with E-state index < -0.39 is 14.1 Å². The Morgan fingerprint density at radius 3 is 2.13 bits per heavy atom. The van der Waals surface area contributed by atoms with Gasteiger partial charge in [0.1, 0.15) is 6.10 Å². The maximum absolute atomic E-state index is 12.5. The van der Waals surface area contributed by atoms with E-state index in [1.54, 1.807) is 0 Å². The van der Waals surface area contributed by atoms with Gasteiger partial charge in [0.2, 0.25) is 0 Å². The van der Waals surface area contributed by atoms with Gasteiger partial charge in [0, 0.05) is 49.5 Å². The third-order valence-electron chi connectivity index (χ3n) is 11.4. The van der Waals surface area contributed by atoms with Crippen LogP contribution in [0.25, 0.3) is 0 Å². The lowest BCUT2D eigenvalue weighted by Crippen LogP contribution is -2.59. The van der Waals surface area contributed by atoms with Gasteiger partial charge in [0.05, 0.1) is 19.8 Å². The molecule has 2 unspecified atom stereocenters. The highest BCUT2D eigenvalue weighted by Crippen LogP contribution is 2.65. The third-order valence-corrected chi connectivity index (χ3v) is 15.9. The predicted molar refractivity (Wildman–Crippen MR) is 148 cm³/mol. The maximum Gasteiger partial charge on any atom is 0.302 e. The van der Waals surface area contributed by atoms with Crippen LogP contribution in [0.4, 0.5) is 0 Å². The molecule has 8 heteroatoms. The van der Waals surface area contributed by atoms with E-state index >= 15 is 0 Å². The Balaban J connectivity index is 1.62. The van der Waals surface area contributed by atoms with E-state index in [2.05, 4.69) is 47.7 Å². The molecule has 0 bridgehead atoms. The summed E-state index contributed by atoms with van der Waals surface area (Å²) in [4.78, 5) is 24.4. The largest absolute Gasteiger partial charge is 0.466 e. The first-order chi connectivity index (χ1) is 17.5. The Morgan fingerprint density at radius 2 is 1.55 bits per heavy atom. The summed E-state index contributed by atoms with van der Waals surface area (Å²) in [5.41, 5.74) is -0.332. The van der Waals surface area contributed by atoms with Gasteiger partial charge in [-0.15, -0.1) is 0 Å². The van der Waals surface area contributed by atoms with Crippen molar-refractivity contribution in [3.8, 4) is 0 Å². The fourth-order valence-corrected chi connectivity index (χ4v) is 9.47. The van der Waals surface area contributed by atoms with Crippen molar-refractivity contribution >= 4 is 20.3 Å². The van der Waals surface area contributed by atoms with Gasteiger partial charge in [-0.2, -0.15) is 0 Å². The molecular weight excluding hydrogens is 500 g/mol. The molecule has 1 heterocycles. The zero-order valence-electron chi connectivity index (χ0n) is 25.3. The van der Waals surface area contributed by atoms with E-state index in [0.29, 0.717) is 19.8 Å². The predicted octanol–water partition coefficient (Wildman–Crippen LogP) is 6.25. The van der Waals surface area contributed by atoms with Gasteiger partial charge in [0.25, 0.3) is 0 Å². The number of rotatable bonds is 6. The van der Waals surface area contributed by atoms with Gasteiger partial charge in [-0.05, 0) is 62.1 Å². The second-order valence-corrected chi connectivity index (χ2v) is 19.3. The topological polar surface area (TPSA) is 80.3 Å². The summed E-state index contributed by atoms with van der Waals surface area (Å²) in [7, 11) is -1.94. The maximum atomic E-state index is 12.5. The molecule has 0 radical (unpaired) electrons. The summed E-state index contributed by atoms with van der Waals surface area (Å²) in [5.74, 6) is -0.551. The van der Waals surface area contributed by atoms with Crippen LogP contribution in [0.5, 0.6) is 0 Å². The average molecular weight is 553 g/mol. The highest BCUT2D eigenvalue weighted by Gasteiger charge is 2.67. The summed E-state index contributed by atoms with van der Waals surface area (Å²) in [6.07, 6.45) is 6.41. The molecule has 218 valence electrons. The molecule has 1 aliphatic heterocycles. The lowest BCUT2D eigenvalue weighted by molar-refractivity contribution is -0.253. The van der Waals surface area contributed by atoms with Gasteiger partial charge >= 0.3 is 11.9 Å². The van der Waals surface area contributed by atoms with Crippen molar-refractivity contribution in [3.05, 3.63) is 0 Å².